The SMILES string of the molecule is CCCCCCCCCCCCCCCCC(C)(C)[N]C. The molecule has 0 aliphatic heterocycles. The molecule has 21 heavy (non-hydrogen) atoms. The summed E-state index contributed by atoms with van der Waals surface area (Å²) in [7, 11) is 1.95. The van der Waals surface area contributed by atoms with Crippen molar-refractivity contribution in [2.75, 3.05) is 7.05 Å². The first-order valence-electron chi connectivity index (χ1n) is 9.73. The quantitative estimate of drug-likeness (QED) is 0.276. The first kappa shape index (κ1) is 21.0. The largest absolute Gasteiger partial charge is 0.239 e. The Balaban J connectivity index is 3.06. The molecule has 0 aromatic rings. The summed E-state index contributed by atoms with van der Waals surface area (Å²) in [5.41, 5.74) is 0.205. The van der Waals surface area contributed by atoms with Crippen molar-refractivity contribution in [2.45, 2.75) is 123 Å². The molecule has 127 valence electrons. The second-order valence-electron chi connectivity index (χ2n) is 7.38. The van der Waals surface area contributed by atoms with Crippen LogP contribution in [0.3, 0.4) is 0 Å². The fourth-order valence-electron chi connectivity index (χ4n) is 2.86. The number of hydrogen-bond acceptors (Lipinski definition) is 0. The summed E-state index contributed by atoms with van der Waals surface area (Å²) in [5.74, 6) is 0. The molecule has 0 amide bonds. The zero-order valence-electron chi connectivity index (χ0n) is 15.6. The molecule has 0 spiro atoms. The molecule has 0 unspecified atom stereocenters. The third-order valence-electron chi connectivity index (χ3n) is 4.75. The Morgan fingerprint density at radius 3 is 1.24 bits per heavy atom. The van der Waals surface area contributed by atoms with E-state index in [0.717, 1.165) is 0 Å². The van der Waals surface area contributed by atoms with Gasteiger partial charge in [-0.2, -0.15) is 0 Å². The van der Waals surface area contributed by atoms with E-state index in [1.807, 2.05) is 7.05 Å². The first-order valence-corrected chi connectivity index (χ1v) is 9.73. The van der Waals surface area contributed by atoms with Gasteiger partial charge in [0, 0.05) is 12.6 Å². The standard InChI is InChI=1S/C20H42N/c1-5-6-7-8-9-10-11-12-13-14-15-16-17-18-19-20(2,3)21-4/h5-19H2,1-4H3. The number of unbranched alkanes of at least 4 members (excludes halogenated alkanes) is 13. The molecule has 0 atom stereocenters. The smallest absolute Gasteiger partial charge is 0.0297 e. The van der Waals surface area contributed by atoms with E-state index < -0.39 is 0 Å². The summed E-state index contributed by atoms with van der Waals surface area (Å²) in [5, 5.41) is 4.42. The van der Waals surface area contributed by atoms with Crippen molar-refractivity contribution < 1.29 is 0 Å². The van der Waals surface area contributed by atoms with Crippen molar-refractivity contribution in [3.63, 3.8) is 0 Å². The van der Waals surface area contributed by atoms with E-state index in [4.69, 9.17) is 0 Å². The fourth-order valence-corrected chi connectivity index (χ4v) is 2.86. The van der Waals surface area contributed by atoms with Crippen LogP contribution in [0.5, 0.6) is 0 Å². The van der Waals surface area contributed by atoms with Gasteiger partial charge in [0.15, 0.2) is 0 Å². The maximum absolute atomic E-state index is 4.42. The molecule has 0 aliphatic carbocycles. The molecule has 0 fully saturated rings. The molecular weight excluding hydrogens is 254 g/mol. The van der Waals surface area contributed by atoms with Gasteiger partial charge in [-0.05, 0) is 20.3 Å². The molecule has 1 radical (unpaired) electrons. The highest BCUT2D eigenvalue weighted by Crippen LogP contribution is 2.16. The highest BCUT2D eigenvalue weighted by Gasteiger charge is 2.14. The number of nitrogens with zero attached hydrogens (tertiary/aromatic N) is 1. The van der Waals surface area contributed by atoms with Crippen molar-refractivity contribution in [1.82, 2.24) is 5.32 Å². The van der Waals surface area contributed by atoms with Crippen molar-refractivity contribution in [3.05, 3.63) is 0 Å². The molecule has 0 N–H and O–H groups in total. The molecule has 0 aliphatic rings. The molecule has 1 nitrogen and oxygen atoms in total. The average molecular weight is 297 g/mol. The topological polar surface area (TPSA) is 14.1 Å². The molecule has 0 aromatic carbocycles. The predicted octanol–water partition coefficient (Wildman–Crippen LogP) is 6.87. The van der Waals surface area contributed by atoms with Gasteiger partial charge >= 0.3 is 0 Å². The lowest BCUT2D eigenvalue weighted by Crippen LogP contribution is -2.29. The maximum atomic E-state index is 4.42. The second-order valence-corrected chi connectivity index (χ2v) is 7.38. The Labute approximate surface area is 135 Å². The van der Waals surface area contributed by atoms with Crippen LogP contribution < -0.4 is 5.32 Å². The minimum atomic E-state index is 0.205. The summed E-state index contributed by atoms with van der Waals surface area (Å²) in [6.07, 6.45) is 21.4. The molecule has 0 saturated heterocycles. The van der Waals surface area contributed by atoms with Crippen LogP contribution in [0.1, 0.15) is 117 Å². The lowest BCUT2D eigenvalue weighted by molar-refractivity contribution is 0.366. The van der Waals surface area contributed by atoms with Crippen LogP contribution in [0.25, 0.3) is 0 Å². The molecule has 0 bridgehead atoms. The van der Waals surface area contributed by atoms with Crippen LogP contribution >= 0.6 is 0 Å². The Bertz CT molecular complexity index is 198. The van der Waals surface area contributed by atoms with E-state index >= 15 is 0 Å². The minimum Gasteiger partial charge on any atom is -0.239 e. The van der Waals surface area contributed by atoms with E-state index in [1.165, 1.54) is 96.3 Å². The van der Waals surface area contributed by atoms with E-state index in [-0.39, 0.29) is 5.54 Å². The predicted molar refractivity (Wildman–Crippen MR) is 97.1 cm³/mol. The summed E-state index contributed by atoms with van der Waals surface area (Å²) >= 11 is 0. The van der Waals surface area contributed by atoms with Gasteiger partial charge in [-0.25, -0.2) is 5.32 Å². The van der Waals surface area contributed by atoms with Crippen LogP contribution in [0.4, 0.5) is 0 Å². The minimum absolute atomic E-state index is 0.205. The lowest BCUT2D eigenvalue weighted by Gasteiger charge is -2.21. The van der Waals surface area contributed by atoms with Crippen LogP contribution in [0, 0.1) is 0 Å². The lowest BCUT2D eigenvalue weighted by atomic mass is 9.96. The average Bonchev–Trinajstić information content (AvgIpc) is 2.47. The molecule has 0 rings (SSSR count). The van der Waals surface area contributed by atoms with Crippen LogP contribution in [0.2, 0.25) is 0 Å². The fraction of sp³-hybridized carbons (Fsp3) is 1.00. The maximum Gasteiger partial charge on any atom is 0.0297 e. The van der Waals surface area contributed by atoms with Crippen molar-refractivity contribution in [1.29, 1.82) is 0 Å². The van der Waals surface area contributed by atoms with Crippen LogP contribution in [-0.2, 0) is 0 Å². The van der Waals surface area contributed by atoms with Gasteiger partial charge < -0.3 is 0 Å². The van der Waals surface area contributed by atoms with Gasteiger partial charge in [0.25, 0.3) is 0 Å². The van der Waals surface area contributed by atoms with Crippen molar-refractivity contribution in [3.8, 4) is 0 Å². The van der Waals surface area contributed by atoms with E-state index in [9.17, 15) is 0 Å². The first-order chi connectivity index (χ1) is 10.1. The van der Waals surface area contributed by atoms with Crippen molar-refractivity contribution >= 4 is 0 Å². The summed E-state index contributed by atoms with van der Waals surface area (Å²) in [4.78, 5) is 0. The zero-order chi connectivity index (χ0) is 15.8. The van der Waals surface area contributed by atoms with E-state index in [0.29, 0.717) is 0 Å². The number of hydrogen-bond donors (Lipinski definition) is 0. The summed E-state index contributed by atoms with van der Waals surface area (Å²) in [6.45, 7) is 6.78. The Morgan fingerprint density at radius 1 is 0.571 bits per heavy atom. The second kappa shape index (κ2) is 14.9. The van der Waals surface area contributed by atoms with E-state index in [1.54, 1.807) is 0 Å². The van der Waals surface area contributed by atoms with E-state index in [2.05, 4.69) is 26.1 Å². The third kappa shape index (κ3) is 16.2. The highest BCUT2D eigenvalue weighted by molar-refractivity contribution is 4.74. The summed E-state index contributed by atoms with van der Waals surface area (Å²) < 4.78 is 0. The number of rotatable bonds is 16. The van der Waals surface area contributed by atoms with Gasteiger partial charge in [0.2, 0.25) is 0 Å². The van der Waals surface area contributed by atoms with Crippen molar-refractivity contribution in [2.24, 2.45) is 0 Å². The van der Waals surface area contributed by atoms with Crippen LogP contribution in [-0.4, -0.2) is 12.6 Å². The van der Waals surface area contributed by atoms with Gasteiger partial charge in [-0.3, -0.25) is 0 Å². The van der Waals surface area contributed by atoms with Crippen LogP contribution in [0.15, 0.2) is 0 Å². The molecule has 1 heteroatoms. The van der Waals surface area contributed by atoms with Gasteiger partial charge in [0.1, 0.15) is 0 Å². The van der Waals surface area contributed by atoms with Gasteiger partial charge in [-0.1, -0.05) is 96.8 Å². The molecular formula is C20H42N. The highest BCUT2D eigenvalue weighted by atomic mass is 14.9. The normalized spacial score (nSPS) is 12.0. The third-order valence-corrected chi connectivity index (χ3v) is 4.75. The molecule has 0 saturated carbocycles. The summed E-state index contributed by atoms with van der Waals surface area (Å²) in [6, 6.07) is 0. The molecule has 0 heterocycles. The van der Waals surface area contributed by atoms with Gasteiger partial charge in [-0.15, -0.1) is 0 Å². The molecule has 0 aromatic heterocycles. The zero-order valence-corrected chi connectivity index (χ0v) is 15.6. The Morgan fingerprint density at radius 2 is 0.905 bits per heavy atom. The monoisotopic (exact) mass is 296 g/mol. The Kier molecular flexibility index (Phi) is 14.9. The Hall–Kier alpha value is -0.0400. The van der Waals surface area contributed by atoms with Gasteiger partial charge in [0.05, 0.1) is 0 Å².